The molecule has 1 amide bonds. The minimum absolute atomic E-state index is 0.154. The molecule has 0 saturated heterocycles. The van der Waals surface area contributed by atoms with Gasteiger partial charge in [0, 0.05) is 35.1 Å². The quantitative estimate of drug-likeness (QED) is 0.748. The van der Waals surface area contributed by atoms with E-state index in [2.05, 4.69) is 10.3 Å². The zero-order valence-corrected chi connectivity index (χ0v) is 14.1. The van der Waals surface area contributed by atoms with Gasteiger partial charge in [-0.05, 0) is 53.9 Å². The second-order valence-electron chi connectivity index (χ2n) is 6.11. The molecule has 4 nitrogen and oxygen atoms in total. The lowest BCUT2D eigenvalue weighted by molar-refractivity contribution is -0.127. The highest BCUT2D eigenvalue weighted by Gasteiger charge is 2.28. The largest absolute Gasteiger partial charge is 0.480 e. The van der Waals surface area contributed by atoms with Gasteiger partial charge in [-0.3, -0.25) is 4.79 Å². The third kappa shape index (κ3) is 3.20. The molecule has 1 aromatic heterocycles. The summed E-state index contributed by atoms with van der Waals surface area (Å²) in [6.45, 7) is 0.458. The molecule has 3 aromatic rings. The van der Waals surface area contributed by atoms with E-state index >= 15 is 0 Å². The fourth-order valence-electron chi connectivity index (χ4n) is 3.16. The van der Waals surface area contributed by atoms with Crippen LogP contribution < -0.4 is 10.1 Å². The van der Waals surface area contributed by atoms with Crippen LogP contribution in [-0.4, -0.2) is 23.5 Å². The van der Waals surface area contributed by atoms with Crippen molar-refractivity contribution in [2.24, 2.45) is 0 Å². The van der Waals surface area contributed by atoms with Crippen molar-refractivity contribution in [3.63, 3.8) is 0 Å². The maximum atomic E-state index is 13.4. The van der Waals surface area contributed by atoms with Gasteiger partial charge in [-0.25, -0.2) is 4.39 Å². The van der Waals surface area contributed by atoms with Gasteiger partial charge in [0.05, 0.1) is 0 Å². The van der Waals surface area contributed by atoms with E-state index in [1.165, 1.54) is 12.1 Å². The summed E-state index contributed by atoms with van der Waals surface area (Å²) in [6, 6.07) is 9.99. The van der Waals surface area contributed by atoms with Gasteiger partial charge in [0.15, 0.2) is 6.10 Å². The molecule has 0 spiro atoms. The van der Waals surface area contributed by atoms with Crippen LogP contribution in [0.1, 0.15) is 11.1 Å². The van der Waals surface area contributed by atoms with Gasteiger partial charge in [0.25, 0.3) is 5.91 Å². The number of rotatable bonds is 4. The van der Waals surface area contributed by atoms with Crippen molar-refractivity contribution in [2.75, 3.05) is 6.54 Å². The molecule has 6 heteroatoms. The molecule has 0 aliphatic carbocycles. The van der Waals surface area contributed by atoms with E-state index in [4.69, 9.17) is 16.3 Å². The number of aromatic amines is 1. The fourth-order valence-corrected chi connectivity index (χ4v) is 3.35. The van der Waals surface area contributed by atoms with Crippen LogP contribution in [0, 0.1) is 5.82 Å². The second kappa shape index (κ2) is 6.41. The first-order chi connectivity index (χ1) is 12.1. The Balaban J connectivity index is 1.36. The monoisotopic (exact) mass is 358 g/mol. The molecule has 2 N–H and O–H groups in total. The van der Waals surface area contributed by atoms with Crippen molar-refractivity contribution < 1.29 is 13.9 Å². The van der Waals surface area contributed by atoms with Crippen LogP contribution in [0.3, 0.4) is 0 Å². The summed E-state index contributed by atoms with van der Waals surface area (Å²) in [5.74, 6) is 0.281. The predicted octanol–water partition coefficient (Wildman–Crippen LogP) is 3.62. The number of carbonyl (C=O) groups is 1. The van der Waals surface area contributed by atoms with Gasteiger partial charge in [-0.1, -0.05) is 11.6 Å². The molecular formula is C19H16ClFN2O2. The van der Waals surface area contributed by atoms with Crippen LogP contribution in [0.25, 0.3) is 10.9 Å². The Morgan fingerprint density at radius 2 is 2.20 bits per heavy atom. The molecule has 0 radical (unpaired) electrons. The molecule has 0 bridgehead atoms. The van der Waals surface area contributed by atoms with E-state index < -0.39 is 6.10 Å². The maximum absolute atomic E-state index is 13.4. The molecule has 1 atom stereocenters. The highest BCUT2D eigenvalue weighted by molar-refractivity contribution is 6.30. The summed E-state index contributed by atoms with van der Waals surface area (Å²) in [4.78, 5) is 15.4. The minimum Gasteiger partial charge on any atom is -0.480 e. The molecule has 2 heterocycles. The number of fused-ring (bicyclic) bond motifs is 2. The normalized spacial score (nSPS) is 15.8. The van der Waals surface area contributed by atoms with Gasteiger partial charge >= 0.3 is 0 Å². The first kappa shape index (κ1) is 16.0. The standard InChI is InChI=1S/C19H16ClFN2O2/c20-13-1-4-17-12(7-13)8-18(25-17)19(24)22-6-5-11-10-23-16-3-2-14(21)9-15(11)16/h1-4,7,9-10,18,23H,5-6,8H2,(H,22,24). The van der Waals surface area contributed by atoms with Crippen molar-refractivity contribution in [3.8, 4) is 5.75 Å². The van der Waals surface area contributed by atoms with Gasteiger partial charge in [-0.15, -0.1) is 0 Å². The predicted molar refractivity (Wildman–Crippen MR) is 94.5 cm³/mol. The summed E-state index contributed by atoms with van der Waals surface area (Å²) in [7, 11) is 0. The zero-order valence-electron chi connectivity index (χ0n) is 13.3. The number of benzene rings is 2. The third-order valence-electron chi connectivity index (χ3n) is 4.41. The van der Waals surface area contributed by atoms with Crippen molar-refractivity contribution >= 4 is 28.4 Å². The second-order valence-corrected chi connectivity index (χ2v) is 6.54. The van der Waals surface area contributed by atoms with Crippen LogP contribution >= 0.6 is 11.6 Å². The van der Waals surface area contributed by atoms with Gasteiger partial charge in [0.1, 0.15) is 11.6 Å². The van der Waals surface area contributed by atoms with Gasteiger partial charge in [-0.2, -0.15) is 0 Å². The summed E-state index contributed by atoms with van der Waals surface area (Å²) in [5.41, 5.74) is 2.80. The van der Waals surface area contributed by atoms with E-state index in [0.717, 1.165) is 22.0 Å². The Morgan fingerprint density at radius 3 is 3.08 bits per heavy atom. The number of hydrogen-bond donors (Lipinski definition) is 2. The molecule has 0 fully saturated rings. The number of hydrogen-bond acceptors (Lipinski definition) is 2. The number of H-pyrrole nitrogens is 1. The van der Waals surface area contributed by atoms with E-state index in [-0.39, 0.29) is 11.7 Å². The molecule has 2 aromatic carbocycles. The van der Waals surface area contributed by atoms with E-state index in [1.807, 2.05) is 12.3 Å². The SMILES string of the molecule is O=C(NCCc1c[nH]c2ccc(F)cc12)C1Cc2cc(Cl)ccc2O1. The van der Waals surface area contributed by atoms with Crippen molar-refractivity contribution in [3.05, 3.63) is 64.6 Å². The number of nitrogens with one attached hydrogen (secondary N) is 2. The Labute approximate surface area is 148 Å². The fraction of sp³-hybridized carbons (Fsp3) is 0.211. The van der Waals surface area contributed by atoms with Crippen LogP contribution in [-0.2, 0) is 17.6 Å². The lowest BCUT2D eigenvalue weighted by atomic mass is 10.1. The van der Waals surface area contributed by atoms with Crippen molar-refractivity contribution in [1.29, 1.82) is 0 Å². The molecule has 0 saturated carbocycles. The molecule has 25 heavy (non-hydrogen) atoms. The van der Waals surface area contributed by atoms with Crippen LogP contribution in [0.4, 0.5) is 4.39 Å². The molecule has 1 aliphatic rings. The van der Waals surface area contributed by atoms with E-state index in [1.54, 1.807) is 18.2 Å². The van der Waals surface area contributed by atoms with Crippen LogP contribution in [0.15, 0.2) is 42.6 Å². The number of amides is 1. The average Bonchev–Trinajstić information content (AvgIpc) is 3.18. The summed E-state index contributed by atoms with van der Waals surface area (Å²) < 4.78 is 19.1. The lowest BCUT2D eigenvalue weighted by Gasteiger charge is -2.11. The topological polar surface area (TPSA) is 54.1 Å². The van der Waals surface area contributed by atoms with Gasteiger partial charge < -0.3 is 15.0 Å². The number of carbonyl (C=O) groups excluding carboxylic acids is 1. The number of halogens is 2. The zero-order chi connectivity index (χ0) is 17.4. The molecular weight excluding hydrogens is 343 g/mol. The Bertz CT molecular complexity index is 954. The maximum Gasteiger partial charge on any atom is 0.261 e. The summed E-state index contributed by atoms with van der Waals surface area (Å²) >= 11 is 5.96. The highest BCUT2D eigenvalue weighted by Crippen LogP contribution is 2.31. The van der Waals surface area contributed by atoms with Gasteiger partial charge in [0.2, 0.25) is 0 Å². The van der Waals surface area contributed by atoms with Crippen LogP contribution in [0.5, 0.6) is 5.75 Å². The smallest absolute Gasteiger partial charge is 0.261 e. The third-order valence-corrected chi connectivity index (χ3v) is 4.65. The van der Waals surface area contributed by atoms with Crippen molar-refractivity contribution in [1.82, 2.24) is 10.3 Å². The average molecular weight is 359 g/mol. The Kier molecular flexibility index (Phi) is 4.09. The Hall–Kier alpha value is -2.53. The summed E-state index contributed by atoms with van der Waals surface area (Å²) in [5, 5.41) is 4.36. The molecule has 128 valence electrons. The first-order valence-corrected chi connectivity index (χ1v) is 8.46. The Morgan fingerprint density at radius 1 is 1.32 bits per heavy atom. The van der Waals surface area contributed by atoms with Crippen LogP contribution in [0.2, 0.25) is 5.02 Å². The van der Waals surface area contributed by atoms with E-state index in [9.17, 15) is 9.18 Å². The number of ether oxygens (including phenoxy) is 1. The minimum atomic E-state index is -0.533. The number of aromatic nitrogens is 1. The lowest BCUT2D eigenvalue weighted by Crippen LogP contribution is -2.38. The first-order valence-electron chi connectivity index (χ1n) is 8.08. The molecule has 4 rings (SSSR count). The molecule has 1 aliphatic heterocycles. The molecule has 1 unspecified atom stereocenters. The van der Waals surface area contributed by atoms with Crippen molar-refractivity contribution in [2.45, 2.75) is 18.9 Å². The van der Waals surface area contributed by atoms with E-state index in [0.29, 0.717) is 30.2 Å². The highest BCUT2D eigenvalue weighted by atomic mass is 35.5. The summed E-state index contributed by atoms with van der Waals surface area (Å²) in [6.07, 6.45) is 2.44.